The average Bonchev–Trinajstić information content (AvgIpc) is 2.58. The fraction of sp³-hybridized carbons (Fsp3) is 0.333. The predicted octanol–water partition coefficient (Wildman–Crippen LogP) is 3.05. The molecule has 1 amide bonds. The van der Waals surface area contributed by atoms with Gasteiger partial charge in [-0.2, -0.15) is 0 Å². The van der Waals surface area contributed by atoms with Crippen LogP contribution in [0.2, 0.25) is 0 Å². The number of phenolic OH excluding ortho intramolecular Hbond substituents is 1. The molecule has 0 fully saturated rings. The third kappa shape index (κ3) is 2.42. The van der Waals surface area contributed by atoms with Gasteiger partial charge in [-0.1, -0.05) is 44.5 Å². The zero-order valence-corrected chi connectivity index (χ0v) is 15.6. The first-order valence-corrected chi connectivity index (χ1v) is 8.48. The predicted molar refractivity (Wildman–Crippen MR) is 99.6 cm³/mol. The molecule has 136 valence electrons. The van der Waals surface area contributed by atoms with E-state index in [0.717, 1.165) is 5.56 Å². The highest BCUT2D eigenvalue weighted by Gasteiger charge is 2.54. The van der Waals surface area contributed by atoms with Crippen LogP contribution in [0.25, 0.3) is 0 Å². The van der Waals surface area contributed by atoms with Crippen molar-refractivity contribution in [1.82, 2.24) is 0 Å². The standard InChI is InChI=1S/C21H23NO4/c1-12-10-14(20(2,3)4)17(23)15(11-12)21(26)18(24)13-8-6-7-9-16(13)22(5)19(21)25/h6-11,23,26H,1-5H3. The number of amides is 1. The van der Waals surface area contributed by atoms with E-state index in [9.17, 15) is 19.8 Å². The highest BCUT2D eigenvalue weighted by Crippen LogP contribution is 2.44. The SMILES string of the molecule is Cc1cc(C(C)(C)C)c(O)c(C2(O)C(=O)c3ccccc3N(C)C2=O)c1. The molecule has 0 radical (unpaired) electrons. The van der Waals surface area contributed by atoms with E-state index in [1.54, 1.807) is 37.3 Å². The molecule has 2 N–H and O–H groups in total. The van der Waals surface area contributed by atoms with Gasteiger partial charge in [-0.3, -0.25) is 9.59 Å². The Labute approximate surface area is 152 Å². The van der Waals surface area contributed by atoms with Crippen LogP contribution in [0.3, 0.4) is 0 Å². The highest BCUT2D eigenvalue weighted by atomic mass is 16.3. The van der Waals surface area contributed by atoms with Gasteiger partial charge in [0.05, 0.1) is 5.69 Å². The molecule has 0 aromatic heterocycles. The zero-order valence-electron chi connectivity index (χ0n) is 15.6. The summed E-state index contributed by atoms with van der Waals surface area (Å²) in [6, 6.07) is 9.93. The molecule has 5 heteroatoms. The number of para-hydroxylation sites is 1. The van der Waals surface area contributed by atoms with Crippen LogP contribution in [0.5, 0.6) is 5.75 Å². The third-order valence-corrected chi connectivity index (χ3v) is 4.90. The molecule has 5 nitrogen and oxygen atoms in total. The Balaban J connectivity index is 2.32. The van der Waals surface area contributed by atoms with Crippen molar-refractivity contribution >= 4 is 17.4 Å². The molecular weight excluding hydrogens is 330 g/mol. The summed E-state index contributed by atoms with van der Waals surface area (Å²) in [5.74, 6) is -1.72. The summed E-state index contributed by atoms with van der Waals surface area (Å²) in [4.78, 5) is 27.4. The van der Waals surface area contributed by atoms with Crippen molar-refractivity contribution in [1.29, 1.82) is 0 Å². The summed E-state index contributed by atoms with van der Waals surface area (Å²) in [6.45, 7) is 7.56. The Morgan fingerprint density at radius 2 is 1.69 bits per heavy atom. The van der Waals surface area contributed by atoms with Crippen molar-refractivity contribution in [3.8, 4) is 5.75 Å². The van der Waals surface area contributed by atoms with Crippen LogP contribution in [0.15, 0.2) is 36.4 Å². The van der Waals surface area contributed by atoms with Gasteiger partial charge in [0, 0.05) is 18.2 Å². The van der Waals surface area contributed by atoms with Crippen LogP contribution in [0, 0.1) is 6.92 Å². The number of ketones is 1. The fourth-order valence-corrected chi connectivity index (χ4v) is 3.47. The minimum absolute atomic E-state index is 0.0706. The van der Waals surface area contributed by atoms with Gasteiger partial charge >= 0.3 is 0 Å². The minimum Gasteiger partial charge on any atom is -0.507 e. The summed E-state index contributed by atoms with van der Waals surface area (Å²) in [7, 11) is 1.51. The van der Waals surface area contributed by atoms with Crippen LogP contribution < -0.4 is 4.90 Å². The molecule has 0 aliphatic carbocycles. The molecule has 1 aliphatic rings. The number of benzene rings is 2. The lowest BCUT2D eigenvalue weighted by atomic mass is 9.76. The second kappa shape index (κ2) is 5.68. The first kappa shape index (κ1) is 18.1. The second-order valence-electron chi connectivity index (χ2n) is 7.88. The molecule has 0 saturated carbocycles. The Morgan fingerprint density at radius 3 is 2.31 bits per heavy atom. The topological polar surface area (TPSA) is 77.8 Å². The average molecular weight is 353 g/mol. The number of rotatable bonds is 1. The summed E-state index contributed by atoms with van der Waals surface area (Å²) in [6.07, 6.45) is 0. The lowest BCUT2D eigenvalue weighted by Gasteiger charge is -2.37. The number of aromatic hydroxyl groups is 1. The van der Waals surface area contributed by atoms with Crippen LogP contribution in [0.4, 0.5) is 5.69 Å². The maximum absolute atomic E-state index is 13.1. The Bertz CT molecular complexity index is 926. The third-order valence-electron chi connectivity index (χ3n) is 4.90. The number of Topliss-reactive ketones (excluding diaryl/α,β-unsaturated/α-hetero) is 1. The summed E-state index contributed by atoms with van der Waals surface area (Å²) < 4.78 is 0. The molecule has 2 aromatic rings. The van der Waals surface area contributed by atoms with Crippen LogP contribution in [0.1, 0.15) is 47.8 Å². The molecule has 0 spiro atoms. The Hall–Kier alpha value is -2.66. The van der Waals surface area contributed by atoms with E-state index in [0.29, 0.717) is 11.3 Å². The molecule has 1 heterocycles. The first-order chi connectivity index (χ1) is 12.0. The van der Waals surface area contributed by atoms with Gasteiger partial charge < -0.3 is 15.1 Å². The van der Waals surface area contributed by atoms with Gasteiger partial charge in [0.25, 0.3) is 5.91 Å². The van der Waals surface area contributed by atoms with Gasteiger partial charge in [0.15, 0.2) is 0 Å². The van der Waals surface area contributed by atoms with Crippen molar-refractivity contribution in [3.63, 3.8) is 0 Å². The fourth-order valence-electron chi connectivity index (χ4n) is 3.47. The Kier molecular flexibility index (Phi) is 3.96. The van der Waals surface area contributed by atoms with Crippen LogP contribution in [-0.4, -0.2) is 29.0 Å². The molecule has 1 unspecified atom stereocenters. The maximum Gasteiger partial charge on any atom is 0.271 e. The quantitative estimate of drug-likeness (QED) is 0.773. The molecule has 26 heavy (non-hydrogen) atoms. The molecular formula is C21H23NO4. The van der Waals surface area contributed by atoms with Gasteiger partial charge in [0.2, 0.25) is 11.4 Å². The number of hydrogen-bond donors (Lipinski definition) is 2. The lowest BCUT2D eigenvalue weighted by molar-refractivity contribution is -0.133. The number of aryl methyl sites for hydroxylation is 1. The largest absolute Gasteiger partial charge is 0.507 e. The van der Waals surface area contributed by atoms with E-state index in [2.05, 4.69) is 0 Å². The summed E-state index contributed by atoms with van der Waals surface area (Å²) in [5, 5.41) is 22.1. The highest BCUT2D eigenvalue weighted by molar-refractivity contribution is 6.27. The molecule has 3 rings (SSSR count). The van der Waals surface area contributed by atoms with E-state index >= 15 is 0 Å². The number of phenols is 1. The number of fused-ring (bicyclic) bond motifs is 1. The van der Waals surface area contributed by atoms with Gasteiger partial charge in [-0.15, -0.1) is 0 Å². The number of carbonyl (C=O) groups is 2. The van der Waals surface area contributed by atoms with Crippen molar-refractivity contribution in [2.24, 2.45) is 0 Å². The van der Waals surface area contributed by atoms with E-state index < -0.39 is 22.7 Å². The normalized spacial score (nSPS) is 20.3. The number of likely N-dealkylation sites (N-methyl/N-ethyl adjacent to an activating group) is 1. The second-order valence-corrected chi connectivity index (χ2v) is 7.88. The van der Waals surface area contributed by atoms with Crippen LogP contribution >= 0.6 is 0 Å². The van der Waals surface area contributed by atoms with Crippen molar-refractivity contribution in [3.05, 3.63) is 58.7 Å². The molecule has 0 bridgehead atoms. The van der Waals surface area contributed by atoms with Crippen LogP contribution in [-0.2, 0) is 15.8 Å². The zero-order chi connectivity index (χ0) is 19.4. The maximum atomic E-state index is 13.1. The smallest absolute Gasteiger partial charge is 0.271 e. The van der Waals surface area contributed by atoms with E-state index in [4.69, 9.17) is 0 Å². The molecule has 1 aliphatic heterocycles. The first-order valence-electron chi connectivity index (χ1n) is 8.48. The number of anilines is 1. The van der Waals surface area contributed by atoms with E-state index in [-0.39, 0.29) is 16.9 Å². The van der Waals surface area contributed by atoms with Gasteiger partial charge in [-0.05, 0) is 36.1 Å². The summed E-state index contributed by atoms with van der Waals surface area (Å²) in [5.41, 5.74) is -0.948. The van der Waals surface area contributed by atoms with E-state index in [1.165, 1.54) is 18.0 Å². The minimum atomic E-state index is -2.46. The monoisotopic (exact) mass is 353 g/mol. The van der Waals surface area contributed by atoms with Crippen molar-refractivity contribution in [2.75, 3.05) is 11.9 Å². The number of nitrogens with zero attached hydrogens (tertiary/aromatic N) is 1. The van der Waals surface area contributed by atoms with Gasteiger partial charge in [0.1, 0.15) is 5.75 Å². The molecule has 2 aromatic carbocycles. The van der Waals surface area contributed by atoms with Gasteiger partial charge in [-0.25, -0.2) is 0 Å². The Morgan fingerprint density at radius 1 is 1.08 bits per heavy atom. The molecule has 0 saturated heterocycles. The van der Waals surface area contributed by atoms with Crippen molar-refractivity contribution in [2.45, 2.75) is 38.7 Å². The number of hydrogen-bond acceptors (Lipinski definition) is 4. The number of carbonyl (C=O) groups excluding carboxylic acids is 2. The number of aliphatic hydroxyl groups is 1. The summed E-state index contributed by atoms with van der Waals surface area (Å²) >= 11 is 0. The lowest BCUT2D eigenvalue weighted by Crippen LogP contribution is -2.55. The van der Waals surface area contributed by atoms with E-state index in [1.807, 2.05) is 20.8 Å². The van der Waals surface area contributed by atoms with Crippen molar-refractivity contribution < 1.29 is 19.8 Å². The molecule has 1 atom stereocenters.